The monoisotopic (exact) mass is 383 g/mol. The normalized spacial score (nSPS) is 19.0. The largest absolute Gasteiger partial charge is 0.464 e. The van der Waals surface area contributed by atoms with Crippen molar-refractivity contribution in [2.24, 2.45) is 0 Å². The third-order valence-electron chi connectivity index (χ3n) is 4.98. The Labute approximate surface area is 164 Å². The van der Waals surface area contributed by atoms with Crippen molar-refractivity contribution in [1.29, 1.82) is 0 Å². The minimum Gasteiger partial charge on any atom is -0.464 e. The number of rotatable bonds is 7. The van der Waals surface area contributed by atoms with Gasteiger partial charge in [0.25, 0.3) is 5.91 Å². The Morgan fingerprint density at radius 1 is 1.18 bits per heavy atom. The summed E-state index contributed by atoms with van der Waals surface area (Å²) in [5, 5.41) is 2.83. The molecular formula is C21H25N3O4. The molecule has 0 aliphatic carbocycles. The molecule has 1 N–H and O–H groups in total. The van der Waals surface area contributed by atoms with E-state index in [1.807, 2.05) is 50.2 Å². The third kappa shape index (κ3) is 3.65. The van der Waals surface area contributed by atoms with Crippen molar-refractivity contribution in [3.63, 3.8) is 0 Å². The zero-order valence-corrected chi connectivity index (χ0v) is 16.4. The number of hydrogen-bond acceptors (Lipinski definition) is 4. The quantitative estimate of drug-likeness (QED) is 0.746. The predicted octanol–water partition coefficient (Wildman–Crippen LogP) is 2.79. The lowest BCUT2D eigenvalue weighted by atomic mass is 9.85. The molecule has 4 amide bonds. The van der Waals surface area contributed by atoms with E-state index >= 15 is 0 Å². The van der Waals surface area contributed by atoms with Gasteiger partial charge in [0.05, 0.1) is 6.54 Å². The fraction of sp³-hybridized carbons (Fsp3) is 0.381. The Morgan fingerprint density at radius 2 is 1.89 bits per heavy atom. The van der Waals surface area contributed by atoms with E-state index in [1.165, 1.54) is 4.90 Å². The molecule has 3 rings (SSSR count). The van der Waals surface area contributed by atoms with E-state index in [1.54, 1.807) is 13.1 Å². The van der Waals surface area contributed by atoms with Crippen LogP contribution in [0.3, 0.4) is 0 Å². The molecule has 7 nitrogen and oxygen atoms in total. The number of nitrogens with one attached hydrogen (secondary N) is 1. The number of urea groups is 1. The van der Waals surface area contributed by atoms with Crippen LogP contribution >= 0.6 is 0 Å². The fourth-order valence-electron chi connectivity index (χ4n) is 3.52. The van der Waals surface area contributed by atoms with Crippen LogP contribution in [-0.2, 0) is 21.7 Å². The molecule has 0 radical (unpaired) electrons. The number of hydrogen-bond donors (Lipinski definition) is 1. The Hall–Kier alpha value is -3.09. The summed E-state index contributed by atoms with van der Waals surface area (Å²) in [6.07, 6.45) is 1.17. The minimum atomic E-state index is -1.12. The Bertz CT molecular complexity index is 877. The van der Waals surface area contributed by atoms with Crippen molar-refractivity contribution in [3.8, 4) is 0 Å². The fourth-order valence-corrected chi connectivity index (χ4v) is 3.52. The average molecular weight is 383 g/mol. The summed E-state index contributed by atoms with van der Waals surface area (Å²) >= 11 is 0. The van der Waals surface area contributed by atoms with Gasteiger partial charge in [-0.3, -0.25) is 14.5 Å². The van der Waals surface area contributed by atoms with Gasteiger partial charge in [0.1, 0.15) is 23.6 Å². The van der Waals surface area contributed by atoms with Gasteiger partial charge in [-0.2, -0.15) is 0 Å². The Kier molecular flexibility index (Phi) is 5.53. The minimum absolute atomic E-state index is 0.273. The number of nitrogens with zero attached hydrogens (tertiary/aromatic N) is 2. The van der Waals surface area contributed by atoms with Crippen molar-refractivity contribution < 1.29 is 18.8 Å². The van der Waals surface area contributed by atoms with Gasteiger partial charge >= 0.3 is 6.03 Å². The molecule has 7 heteroatoms. The topological polar surface area (TPSA) is 82.9 Å². The number of amides is 4. The van der Waals surface area contributed by atoms with Crippen LogP contribution in [0.2, 0.25) is 0 Å². The molecule has 0 unspecified atom stereocenters. The number of carbonyl (C=O) groups is 3. The Morgan fingerprint density at radius 3 is 2.50 bits per heavy atom. The van der Waals surface area contributed by atoms with Gasteiger partial charge in [0.2, 0.25) is 5.91 Å². The predicted molar refractivity (Wildman–Crippen MR) is 103 cm³/mol. The van der Waals surface area contributed by atoms with Crippen LogP contribution in [0.15, 0.2) is 46.9 Å². The van der Waals surface area contributed by atoms with Crippen molar-refractivity contribution in [1.82, 2.24) is 15.1 Å². The lowest BCUT2D eigenvalue weighted by Crippen LogP contribution is -2.45. The molecule has 0 saturated carbocycles. The Balaban J connectivity index is 1.76. The number of carbonyl (C=O) groups excluding carboxylic acids is 3. The van der Waals surface area contributed by atoms with Crippen LogP contribution in [-0.4, -0.2) is 41.2 Å². The van der Waals surface area contributed by atoms with Gasteiger partial charge in [0.15, 0.2) is 0 Å². The number of aryl methyl sites for hydroxylation is 1. The maximum absolute atomic E-state index is 13.2. The van der Waals surface area contributed by atoms with E-state index in [0.29, 0.717) is 18.6 Å². The molecule has 1 saturated heterocycles. The molecule has 1 aliphatic heterocycles. The van der Waals surface area contributed by atoms with Crippen LogP contribution in [0, 0.1) is 6.92 Å². The highest BCUT2D eigenvalue weighted by molar-refractivity contribution is 6.09. The summed E-state index contributed by atoms with van der Waals surface area (Å²) in [5.74, 6) is 0.686. The number of likely N-dealkylation sites (N-methyl/N-ethyl adjacent to an activating group) is 1. The van der Waals surface area contributed by atoms with Crippen molar-refractivity contribution >= 4 is 17.8 Å². The van der Waals surface area contributed by atoms with Gasteiger partial charge < -0.3 is 14.6 Å². The summed E-state index contributed by atoms with van der Waals surface area (Å²) in [6.45, 7) is 3.75. The molecule has 1 aromatic carbocycles. The maximum Gasteiger partial charge on any atom is 0.325 e. The molecule has 1 aliphatic rings. The average Bonchev–Trinajstić information content (AvgIpc) is 3.19. The van der Waals surface area contributed by atoms with E-state index in [4.69, 9.17) is 4.42 Å². The molecule has 1 atom stereocenters. The first-order chi connectivity index (χ1) is 13.4. The van der Waals surface area contributed by atoms with Crippen LogP contribution < -0.4 is 5.32 Å². The molecule has 1 aromatic heterocycles. The van der Waals surface area contributed by atoms with E-state index in [-0.39, 0.29) is 24.9 Å². The third-order valence-corrected chi connectivity index (χ3v) is 4.98. The second-order valence-corrected chi connectivity index (χ2v) is 7.10. The van der Waals surface area contributed by atoms with Crippen molar-refractivity contribution in [2.45, 2.75) is 38.8 Å². The van der Waals surface area contributed by atoms with Crippen molar-refractivity contribution in [2.75, 3.05) is 13.6 Å². The second kappa shape index (κ2) is 7.88. The molecular weight excluding hydrogens is 358 g/mol. The molecule has 28 heavy (non-hydrogen) atoms. The zero-order valence-electron chi connectivity index (χ0n) is 16.4. The second-order valence-electron chi connectivity index (χ2n) is 7.10. The van der Waals surface area contributed by atoms with E-state index in [2.05, 4.69) is 5.32 Å². The van der Waals surface area contributed by atoms with Gasteiger partial charge in [-0.1, -0.05) is 43.7 Å². The number of imide groups is 1. The highest BCUT2D eigenvalue weighted by Crippen LogP contribution is 2.33. The standard InChI is InChI=1S/C21H25N3O4/c1-4-12-21(16-8-6-5-7-9-16)19(26)24(20(27)22-21)14-18(25)23(3)13-17-11-10-15(2)28-17/h5-11H,4,12-14H2,1-3H3,(H,22,27)/t21-/m1/s1. The van der Waals surface area contributed by atoms with Crippen LogP contribution in [0.5, 0.6) is 0 Å². The van der Waals surface area contributed by atoms with Gasteiger partial charge in [-0.15, -0.1) is 0 Å². The first-order valence-corrected chi connectivity index (χ1v) is 9.36. The molecule has 148 valence electrons. The van der Waals surface area contributed by atoms with E-state index in [9.17, 15) is 14.4 Å². The molecule has 2 heterocycles. The van der Waals surface area contributed by atoms with Crippen LogP contribution in [0.1, 0.15) is 36.8 Å². The van der Waals surface area contributed by atoms with Gasteiger partial charge in [-0.25, -0.2) is 4.79 Å². The summed E-state index contributed by atoms with van der Waals surface area (Å²) in [6, 6.07) is 12.3. The number of furan rings is 1. The summed E-state index contributed by atoms with van der Waals surface area (Å²) < 4.78 is 5.49. The smallest absolute Gasteiger partial charge is 0.325 e. The zero-order chi connectivity index (χ0) is 20.3. The summed E-state index contributed by atoms with van der Waals surface area (Å²) in [5.41, 5.74) is -0.395. The highest BCUT2D eigenvalue weighted by Gasteiger charge is 2.52. The summed E-state index contributed by atoms with van der Waals surface area (Å²) in [4.78, 5) is 40.8. The lowest BCUT2D eigenvalue weighted by molar-refractivity contribution is -0.139. The molecule has 0 bridgehead atoms. The first-order valence-electron chi connectivity index (χ1n) is 9.36. The molecule has 1 fully saturated rings. The van der Waals surface area contributed by atoms with Gasteiger partial charge in [-0.05, 0) is 31.0 Å². The van der Waals surface area contributed by atoms with Gasteiger partial charge in [0, 0.05) is 7.05 Å². The highest BCUT2D eigenvalue weighted by atomic mass is 16.3. The molecule has 2 aromatic rings. The first kappa shape index (κ1) is 19.7. The van der Waals surface area contributed by atoms with Crippen molar-refractivity contribution in [3.05, 3.63) is 59.5 Å². The maximum atomic E-state index is 13.2. The van der Waals surface area contributed by atoms with E-state index < -0.39 is 11.6 Å². The summed E-state index contributed by atoms with van der Waals surface area (Å²) in [7, 11) is 1.62. The lowest BCUT2D eigenvalue weighted by Gasteiger charge is -2.27. The number of benzene rings is 1. The van der Waals surface area contributed by atoms with Crippen LogP contribution in [0.4, 0.5) is 4.79 Å². The molecule has 0 spiro atoms. The van der Waals surface area contributed by atoms with Crippen LogP contribution in [0.25, 0.3) is 0 Å². The SMILES string of the molecule is CCC[C@]1(c2ccccc2)NC(=O)N(CC(=O)N(C)Cc2ccc(C)o2)C1=O. The van der Waals surface area contributed by atoms with E-state index in [0.717, 1.165) is 16.2 Å².